The molecule has 4 N–H and O–H groups in total. The molecular weight excluding hydrogens is 248 g/mol. The van der Waals surface area contributed by atoms with Gasteiger partial charge in [-0.1, -0.05) is 18.2 Å². The number of hydrogen-bond donors (Lipinski definition) is 4. The normalized spacial score (nSPS) is 14.3. The predicted molar refractivity (Wildman–Crippen MR) is 69.4 cm³/mol. The molecule has 0 aromatic heterocycles. The Kier molecular flexibility index (Phi) is 3.70. The zero-order valence-electron chi connectivity index (χ0n) is 10.1. The highest BCUT2D eigenvalue weighted by molar-refractivity contribution is 5.97. The maximum atomic E-state index is 11.7. The van der Waals surface area contributed by atoms with Crippen LogP contribution < -0.4 is 10.6 Å². The number of carboxylic acid groups (broad SMARTS) is 1. The van der Waals surface area contributed by atoms with Crippen molar-refractivity contribution in [3.63, 3.8) is 0 Å². The molecule has 0 unspecified atom stereocenters. The minimum atomic E-state index is -1.25. The molecule has 0 bridgehead atoms. The van der Waals surface area contributed by atoms with Gasteiger partial charge in [-0.2, -0.15) is 0 Å². The van der Waals surface area contributed by atoms with Gasteiger partial charge in [-0.3, -0.25) is 0 Å². The van der Waals surface area contributed by atoms with Gasteiger partial charge in [0, 0.05) is 6.04 Å². The summed E-state index contributed by atoms with van der Waals surface area (Å²) < 4.78 is 0. The highest BCUT2D eigenvalue weighted by atomic mass is 16.4. The predicted octanol–water partition coefficient (Wildman–Crippen LogP) is 1.93. The number of hydrogen-bond acceptors (Lipinski definition) is 3. The summed E-state index contributed by atoms with van der Waals surface area (Å²) in [6.45, 7) is 0. The van der Waals surface area contributed by atoms with Crippen LogP contribution in [0.2, 0.25) is 0 Å². The molecular formula is C13H14N2O4. The highest BCUT2D eigenvalue weighted by Crippen LogP contribution is 2.27. The maximum Gasteiger partial charge on any atom is 0.339 e. The second-order valence-electron chi connectivity index (χ2n) is 4.25. The molecule has 1 aliphatic rings. The number of rotatable bonds is 3. The lowest BCUT2D eigenvalue weighted by Crippen LogP contribution is -2.36. The number of carboxylic acids is 1. The van der Waals surface area contributed by atoms with Crippen molar-refractivity contribution in [2.45, 2.75) is 18.9 Å². The number of nitrogens with one attached hydrogen (secondary N) is 2. The first kappa shape index (κ1) is 12.9. The summed E-state index contributed by atoms with van der Waals surface area (Å²) in [5.74, 6) is -1.70. The number of benzene rings is 1. The number of carbonyl (C=O) groups excluding carboxylic acids is 1. The van der Waals surface area contributed by atoms with Crippen LogP contribution in [0.1, 0.15) is 23.2 Å². The minimum Gasteiger partial charge on any atom is -0.505 e. The van der Waals surface area contributed by atoms with Crippen LogP contribution in [0.4, 0.5) is 10.5 Å². The Labute approximate surface area is 109 Å². The van der Waals surface area contributed by atoms with E-state index < -0.39 is 17.7 Å². The average molecular weight is 262 g/mol. The Morgan fingerprint density at radius 3 is 2.53 bits per heavy atom. The molecule has 2 amide bonds. The van der Waals surface area contributed by atoms with Crippen molar-refractivity contribution in [2.75, 3.05) is 5.32 Å². The zero-order valence-corrected chi connectivity index (χ0v) is 10.1. The van der Waals surface area contributed by atoms with Crippen molar-refractivity contribution in [2.24, 2.45) is 0 Å². The second-order valence-corrected chi connectivity index (χ2v) is 4.25. The van der Waals surface area contributed by atoms with E-state index in [4.69, 9.17) is 5.11 Å². The van der Waals surface area contributed by atoms with E-state index in [1.54, 1.807) is 0 Å². The fourth-order valence-electron chi connectivity index (χ4n) is 1.90. The lowest BCUT2D eigenvalue weighted by Gasteiger charge is -2.14. The monoisotopic (exact) mass is 262 g/mol. The summed E-state index contributed by atoms with van der Waals surface area (Å²) in [6.07, 6.45) is 5.50. The Balaban J connectivity index is 2.04. The molecule has 2 rings (SSSR count). The van der Waals surface area contributed by atoms with E-state index in [9.17, 15) is 14.7 Å². The lowest BCUT2D eigenvalue weighted by atomic mass is 10.1. The number of para-hydroxylation sites is 1. The van der Waals surface area contributed by atoms with E-state index in [-0.39, 0.29) is 17.3 Å². The molecule has 19 heavy (non-hydrogen) atoms. The van der Waals surface area contributed by atoms with E-state index in [2.05, 4.69) is 10.6 Å². The molecule has 0 fully saturated rings. The Morgan fingerprint density at radius 2 is 1.89 bits per heavy atom. The van der Waals surface area contributed by atoms with Crippen LogP contribution >= 0.6 is 0 Å². The van der Waals surface area contributed by atoms with Crippen molar-refractivity contribution in [1.82, 2.24) is 5.32 Å². The third-order valence-corrected chi connectivity index (χ3v) is 2.86. The van der Waals surface area contributed by atoms with E-state index >= 15 is 0 Å². The minimum absolute atomic E-state index is 0.0461. The summed E-state index contributed by atoms with van der Waals surface area (Å²) >= 11 is 0. The maximum absolute atomic E-state index is 11.7. The van der Waals surface area contributed by atoms with Gasteiger partial charge in [0.1, 0.15) is 5.56 Å². The van der Waals surface area contributed by atoms with Gasteiger partial charge < -0.3 is 20.8 Å². The van der Waals surface area contributed by atoms with Crippen LogP contribution in [-0.2, 0) is 0 Å². The molecule has 0 aliphatic heterocycles. The number of anilines is 1. The number of amides is 2. The van der Waals surface area contributed by atoms with Gasteiger partial charge in [0.05, 0.1) is 5.69 Å². The highest BCUT2D eigenvalue weighted by Gasteiger charge is 2.17. The molecule has 1 aromatic carbocycles. The Bertz CT molecular complexity index is 531. The fourth-order valence-corrected chi connectivity index (χ4v) is 1.90. The summed E-state index contributed by atoms with van der Waals surface area (Å²) in [5, 5.41) is 23.8. The first-order valence-electron chi connectivity index (χ1n) is 5.85. The molecule has 0 radical (unpaired) electrons. The van der Waals surface area contributed by atoms with Gasteiger partial charge in [-0.05, 0) is 25.0 Å². The lowest BCUT2D eigenvalue weighted by molar-refractivity contribution is 0.0693. The molecule has 1 aliphatic carbocycles. The van der Waals surface area contributed by atoms with Gasteiger partial charge in [0.2, 0.25) is 0 Å². The van der Waals surface area contributed by atoms with E-state index in [0.717, 1.165) is 12.8 Å². The zero-order chi connectivity index (χ0) is 13.8. The number of carbonyl (C=O) groups is 2. The number of aromatic hydroxyl groups is 1. The SMILES string of the molecule is O=C(Nc1cccc(C(=O)O)c1O)NC1CC=CC1. The number of phenols is 1. The molecule has 0 saturated carbocycles. The average Bonchev–Trinajstić information content (AvgIpc) is 2.84. The van der Waals surface area contributed by atoms with Crippen molar-refractivity contribution >= 4 is 17.7 Å². The molecule has 6 nitrogen and oxygen atoms in total. The molecule has 0 saturated heterocycles. The standard InChI is InChI=1S/C13H14N2O4/c16-11-9(12(17)18)6-3-7-10(11)15-13(19)14-8-4-1-2-5-8/h1-3,6-8,16H,4-5H2,(H,17,18)(H2,14,15,19). The fraction of sp³-hybridized carbons (Fsp3) is 0.231. The van der Waals surface area contributed by atoms with E-state index in [1.807, 2.05) is 12.2 Å². The van der Waals surface area contributed by atoms with Crippen LogP contribution in [0, 0.1) is 0 Å². The summed E-state index contributed by atoms with van der Waals surface area (Å²) in [7, 11) is 0. The van der Waals surface area contributed by atoms with Gasteiger partial charge in [0.25, 0.3) is 0 Å². The molecule has 0 heterocycles. The van der Waals surface area contributed by atoms with E-state index in [1.165, 1.54) is 18.2 Å². The van der Waals surface area contributed by atoms with Gasteiger partial charge in [-0.15, -0.1) is 0 Å². The summed E-state index contributed by atoms with van der Waals surface area (Å²) in [5.41, 5.74) is -0.177. The molecule has 0 spiro atoms. The van der Waals surface area contributed by atoms with Gasteiger partial charge >= 0.3 is 12.0 Å². The third kappa shape index (κ3) is 3.04. The Morgan fingerprint density at radius 1 is 1.21 bits per heavy atom. The second kappa shape index (κ2) is 5.43. The van der Waals surface area contributed by atoms with Crippen LogP contribution in [-0.4, -0.2) is 28.3 Å². The van der Waals surface area contributed by atoms with Crippen molar-refractivity contribution in [3.8, 4) is 5.75 Å². The summed E-state index contributed by atoms with van der Waals surface area (Å²) in [4.78, 5) is 22.5. The smallest absolute Gasteiger partial charge is 0.339 e. The van der Waals surface area contributed by atoms with Gasteiger partial charge in [-0.25, -0.2) is 9.59 Å². The third-order valence-electron chi connectivity index (χ3n) is 2.86. The molecule has 0 atom stereocenters. The largest absolute Gasteiger partial charge is 0.505 e. The summed E-state index contributed by atoms with van der Waals surface area (Å²) in [6, 6.07) is 3.74. The van der Waals surface area contributed by atoms with E-state index in [0.29, 0.717) is 0 Å². The van der Waals surface area contributed by atoms with Crippen LogP contribution in [0.3, 0.4) is 0 Å². The molecule has 6 heteroatoms. The molecule has 1 aromatic rings. The first-order valence-corrected chi connectivity index (χ1v) is 5.85. The topological polar surface area (TPSA) is 98.7 Å². The van der Waals surface area contributed by atoms with Crippen molar-refractivity contribution in [3.05, 3.63) is 35.9 Å². The van der Waals surface area contributed by atoms with Crippen LogP contribution in [0.25, 0.3) is 0 Å². The quantitative estimate of drug-likeness (QED) is 0.494. The van der Waals surface area contributed by atoms with Crippen LogP contribution in [0.15, 0.2) is 30.4 Å². The Hall–Kier alpha value is -2.50. The number of urea groups is 1. The molecule has 100 valence electrons. The van der Waals surface area contributed by atoms with Crippen molar-refractivity contribution < 1.29 is 19.8 Å². The first-order chi connectivity index (χ1) is 9.08. The van der Waals surface area contributed by atoms with Gasteiger partial charge in [0.15, 0.2) is 5.75 Å². The van der Waals surface area contributed by atoms with Crippen molar-refractivity contribution in [1.29, 1.82) is 0 Å². The number of aromatic carboxylic acids is 1. The van der Waals surface area contributed by atoms with Crippen LogP contribution in [0.5, 0.6) is 5.75 Å².